The topological polar surface area (TPSA) is 60.1 Å². The molecule has 6 heteroatoms. The zero-order valence-corrected chi connectivity index (χ0v) is 18.9. The van der Waals surface area contributed by atoms with Crippen LogP contribution in [0.2, 0.25) is 5.02 Å². The van der Waals surface area contributed by atoms with Gasteiger partial charge in [-0.1, -0.05) is 53.6 Å². The van der Waals surface area contributed by atoms with Crippen molar-refractivity contribution in [2.45, 2.75) is 39.8 Å². The Morgan fingerprint density at radius 1 is 1.12 bits per heavy atom. The summed E-state index contributed by atoms with van der Waals surface area (Å²) in [6.07, 6.45) is 3.69. The largest absolute Gasteiger partial charge is 0.455 e. The van der Waals surface area contributed by atoms with Gasteiger partial charge in [0.2, 0.25) is 0 Å². The molecule has 1 amide bonds. The van der Waals surface area contributed by atoms with Crippen molar-refractivity contribution in [2.24, 2.45) is 0 Å². The Bertz CT molecular complexity index is 1300. The van der Waals surface area contributed by atoms with Crippen LogP contribution in [0.1, 0.15) is 44.1 Å². The van der Waals surface area contributed by atoms with Gasteiger partial charge in [0, 0.05) is 35.3 Å². The maximum Gasteiger partial charge on any atom is 0.287 e. The lowest BCUT2D eigenvalue weighted by Gasteiger charge is -2.09. The summed E-state index contributed by atoms with van der Waals surface area (Å²) in [6, 6.07) is 15.9. The summed E-state index contributed by atoms with van der Waals surface area (Å²) in [5.74, 6) is 1.01. The zero-order chi connectivity index (χ0) is 22.2. The molecule has 5 rings (SSSR count). The van der Waals surface area contributed by atoms with E-state index in [0.29, 0.717) is 23.9 Å². The first-order chi connectivity index (χ1) is 15.5. The van der Waals surface area contributed by atoms with E-state index in [9.17, 15) is 4.79 Å². The normalized spacial score (nSPS) is 12.3. The van der Waals surface area contributed by atoms with Gasteiger partial charge in [-0.15, -0.1) is 0 Å². The van der Waals surface area contributed by atoms with Gasteiger partial charge in [0.15, 0.2) is 5.76 Å². The van der Waals surface area contributed by atoms with Crippen LogP contribution in [0.5, 0.6) is 0 Å². The van der Waals surface area contributed by atoms with Crippen LogP contribution in [-0.4, -0.2) is 15.7 Å². The Labute approximate surface area is 192 Å². The van der Waals surface area contributed by atoms with Crippen molar-refractivity contribution in [3.05, 3.63) is 99.1 Å². The summed E-state index contributed by atoms with van der Waals surface area (Å²) in [7, 11) is 0. The van der Waals surface area contributed by atoms with Gasteiger partial charge in [-0.3, -0.25) is 9.48 Å². The molecular formula is C26H24ClN3O2. The number of rotatable bonds is 5. The molecule has 2 heterocycles. The highest BCUT2D eigenvalue weighted by Crippen LogP contribution is 2.38. The molecule has 2 aromatic carbocycles. The Kier molecular flexibility index (Phi) is 5.35. The lowest BCUT2D eigenvalue weighted by molar-refractivity contribution is 0.0920. The molecule has 1 aliphatic rings. The molecule has 0 atom stereocenters. The molecule has 32 heavy (non-hydrogen) atoms. The van der Waals surface area contributed by atoms with E-state index < -0.39 is 0 Å². The van der Waals surface area contributed by atoms with Crippen molar-refractivity contribution in [2.75, 3.05) is 0 Å². The van der Waals surface area contributed by atoms with Crippen LogP contribution in [0.15, 0.2) is 59.1 Å². The number of carbonyl (C=O) groups is 1. The second-order valence-corrected chi connectivity index (χ2v) is 8.79. The van der Waals surface area contributed by atoms with Crippen molar-refractivity contribution < 1.29 is 9.21 Å². The molecule has 5 nitrogen and oxygen atoms in total. The van der Waals surface area contributed by atoms with Crippen molar-refractivity contribution >= 4 is 17.5 Å². The molecule has 4 aromatic rings. The van der Waals surface area contributed by atoms with Gasteiger partial charge in [0.25, 0.3) is 5.91 Å². The van der Waals surface area contributed by atoms with Gasteiger partial charge in [0.1, 0.15) is 5.76 Å². The number of benzene rings is 2. The van der Waals surface area contributed by atoms with Crippen LogP contribution in [0.3, 0.4) is 0 Å². The predicted molar refractivity (Wildman–Crippen MR) is 125 cm³/mol. The number of aryl methyl sites for hydroxylation is 3. The number of nitrogens with zero attached hydrogens (tertiary/aromatic N) is 2. The van der Waals surface area contributed by atoms with E-state index in [0.717, 1.165) is 46.5 Å². The van der Waals surface area contributed by atoms with E-state index >= 15 is 0 Å². The standard InChI is InChI=1S/C26H24ClN3O2/c1-16-6-8-18(9-7-16)13-28-26(31)25-17(2)23-22(32-25)11-10-20-15-30(29-24(20)23)14-19-4-3-5-21(27)12-19/h3-9,12,15H,10-11,13-14H2,1-2H3,(H,28,31). The molecule has 0 aliphatic heterocycles. The predicted octanol–water partition coefficient (Wildman–Crippen LogP) is 5.49. The molecule has 0 radical (unpaired) electrons. The molecule has 0 saturated carbocycles. The summed E-state index contributed by atoms with van der Waals surface area (Å²) in [6.45, 7) is 5.09. The quantitative estimate of drug-likeness (QED) is 0.442. The fraction of sp³-hybridized carbons (Fsp3) is 0.231. The smallest absolute Gasteiger partial charge is 0.287 e. The Morgan fingerprint density at radius 2 is 1.94 bits per heavy atom. The van der Waals surface area contributed by atoms with Crippen molar-refractivity contribution in [1.82, 2.24) is 15.1 Å². The maximum atomic E-state index is 12.9. The number of halogens is 1. The molecule has 0 fully saturated rings. The van der Waals surface area contributed by atoms with Crippen molar-refractivity contribution in [3.63, 3.8) is 0 Å². The first-order valence-electron chi connectivity index (χ1n) is 10.7. The second-order valence-electron chi connectivity index (χ2n) is 8.35. The third-order valence-corrected chi connectivity index (χ3v) is 6.16. The number of carbonyl (C=O) groups excluding carboxylic acids is 1. The number of hydrogen-bond donors (Lipinski definition) is 1. The Hall–Kier alpha value is -3.31. The van der Waals surface area contributed by atoms with Gasteiger partial charge >= 0.3 is 0 Å². The first kappa shape index (κ1) is 20.6. The molecule has 2 aromatic heterocycles. The fourth-order valence-electron chi connectivity index (χ4n) is 4.25. The maximum absolute atomic E-state index is 12.9. The average molecular weight is 446 g/mol. The SMILES string of the molecule is Cc1ccc(CNC(=O)c2oc3c(c2C)-c2nn(Cc4cccc(Cl)c4)cc2CC3)cc1. The number of nitrogens with one attached hydrogen (secondary N) is 1. The molecule has 0 spiro atoms. The second kappa shape index (κ2) is 8.32. The van der Waals surface area contributed by atoms with E-state index in [1.165, 1.54) is 11.1 Å². The van der Waals surface area contributed by atoms with Gasteiger partial charge in [-0.05, 0) is 49.1 Å². The Balaban J connectivity index is 1.38. The fourth-order valence-corrected chi connectivity index (χ4v) is 4.46. The summed E-state index contributed by atoms with van der Waals surface area (Å²) in [4.78, 5) is 12.9. The van der Waals surface area contributed by atoms with Crippen LogP contribution >= 0.6 is 11.6 Å². The highest BCUT2D eigenvalue weighted by atomic mass is 35.5. The molecular weight excluding hydrogens is 422 g/mol. The Morgan fingerprint density at radius 3 is 2.72 bits per heavy atom. The number of hydrogen-bond acceptors (Lipinski definition) is 3. The molecule has 1 aliphatic carbocycles. The lowest BCUT2D eigenvalue weighted by atomic mass is 9.93. The molecule has 0 unspecified atom stereocenters. The van der Waals surface area contributed by atoms with Crippen LogP contribution in [0, 0.1) is 13.8 Å². The van der Waals surface area contributed by atoms with Gasteiger partial charge < -0.3 is 9.73 Å². The summed E-state index contributed by atoms with van der Waals surface area (Å²) in [5.41, 5.74) is 7.23. The van der Waals surface area contributed by atoms with E-state index in [1.54, 1.807) is 0 Å². The molecule has 1 N–H and O–H groups in total. The van der Waals surface area contributed by atoms with Gasteiger partial charge in [-0.25, -0.2) is 0 Å². The number of furan rings is 1. The first-order valence-corrected chi connectivity index (χ1v) is 11.1. The van der Waals surface area contributed by atoms with Crippen molar-refractivity contribution in [1.29, 1.82) is 0 Å². The monoisotopic (exact) mass is 445 g/mol. The van der Waals surface area contributed by atoms with Crippen LogP contribution in [0.4, 0.5) is 0 Å². The van der Waals surface area contributed by atoms with Crippen LogP contribution in [-0.2, 0) is 25.9 Å². The van der Waals surface area contributed by atoms with E-state index in [-0.39, 0.29) is 5.91 Å². The summed E-state index contributed by atoms with van der Waals surface area (Å²) in [5, 5.41) is 8.53. The third-order valence-electron chi connectivity index (χ3n) is 5.93. The lowest BCUT2D eigenvalue weighted by Crippen LogP contribution is -2.23. The molecule has 0 bridgehead atoms. The van der Waals surface area contributed by atoms with E-state index in [1.807, 2.05) is 67.1 Å². The number of aromatic nitrogens is 2. The van der Waals surface area contributed by atoms with Crippen LogP contribution in [0.25, 0.3) is 11.3 Å². The minimum absolute atomic E-state index is 0.197. The van der Waals surface area contributed by atoms with E-state index in [4.69, 9.17) is 21.1 Å². The minimum Gasteiger partial charge on any atom is -0.455 e. The highest BCUT2D eigenvalue weighted by molar-refractivity contribution is 6.30. The van der Waals surface area contributed by atoms with Crippen LogP contribution < -0.4 is 5.32 Å². The molecule has 162 valence electrons. The third kappa shape index (κ3) is 3.96. The molecule has 0 saturated heterocycles. The van der Waals surface area contributed by atoms with Crippen molar-refractivity contribution in [3.8, 4) is 11.3 Å². The highest BCUT2D eigenvalue weighted by Gasteiger charge is 2.29. The van der Waals surface area contributed by atoms with E-state index in [2.05, 4.69) is 11.5 Å². The summed E-state index contributed by atoms with van der Waals surface area (Å²) >= 11 is 6.12. The zero-order valence-electron chi connectivity index (χ0n) is 18.1. The number of amides is 1. The average Bonchev–Trinajstić information content (AvgIpc) is 3.33. The van der Waals surface area contributed by atoms with Gasteiger partial charge in [-0.2, -0.15) is 5.10 Å². The van der Waals surface area contributed by atoms with Gasteiger partial charge in [0.05, 0.1) is 12.2 Å². The minimum atomic E-state index is -0.197. The summed E-state index contributed by atoms with van der Waals surface area (Å²) < 4.78 is 7.97. The number of fused-ring (bicyclic) bond motifs is 3.